The normalized spacial score (nSPS) is 16.2. The van der Waals surface area contributed by atoms with Gasteiger partial charge in [0.25, 0.3) is 5.91 Å². The van der Waals surface area contributed by atoms with Crippen LogP contribution in [0.4, 0.5) is 0 Å². The predicted molar refractivity (Wildman–Crippen MR) is 87.0 cm³/mol. The fourth-order valence-electron chi connectivity index (χ4n) is 2.33. The van der Waals surface area contributed by atoms with E-state index in [1.165, 1.54) is 7.11 Å². The molecule has 0 aromatic heterocycles. The molecular weight excluding hydrogens is 316 g/mol. The zero-order valence-electron chi connectivity index (χ0n) is 14.3. The predicted octanol–water partition coefficient (Wildman–Crippen LogP) is 0.968. The van der Waals surface area contributed by atoms with Crippen molar-refractivity contribution in [2.45, 2.75) is 12.5 Å². The molecule has 0 fully saturated rings. The number of nitrogens with one attached hydrogen (secondary N) is 1. The standard InChI is InChI=1S/C16H22N2O6/c1-20-6-5-17-16(19)14-9-11(18-24-14)10-7-12(21-2)15(23-4)13(8-10)22-3/h7-8,14H,5-6,9H2,1-4H3,(H,17,19)/t14-/m1/s1. The molecule has 8 heteroatoms. The summed E-state index contributed by atoms with van der Waals surface area (Å²) >= 11 is 0. The van der Waals surface area contributed by atoms with Crippen molar-refractivity contribution >= 4 is 11.6 Å². The Morgan fingerprint density at radius 2 is 1.88 bits per heavy atom. The van der Waals surface area contributed by atoms with E-state index in [0.717, 1.165) is 5.56 Å². The summed E-state index contributed by atoms with van der Waals surface area (Å²) in [6, 6.07) is 3.55. The number of oxime groups is 1. The molecule has 1 aliphatic rings. The molecule has 0 spiro atoms. The van der Waals surface area contributed by atoms with Gasteiger partial charge in [0.15, 0.2) is 11.5 Å². The van der Waals surface area contributed by atoms with Crippen molar-refractivity contribution in [2.75, 3.05) is 41.6 Å². The van der Waals surface area contributed by atoms with Gasteiger partial charge in [-0.25, -0.2) is 0 Å². The van der Waals surface area contributed by atoms with Crippen molar-refractivity contribution in [1.82, 2.24) is 5.32 Å². The van der Waals surface area contributed by atoms with Crippen molar-refractivity contribution in [3.05, 3.63) is 17.7 Å². The summed E-state index contributed by atoms with van der Waals surface area (Å²) < 4.78 is 20.8. The van der Waals surface area contributed by atoms with E-state index in [1.54, 1.807) is 33.5 Å². The molecule has 1 atom stereocenters. The first-order chi connectivity index (χ1) is 11.6. The zero-order valence-corrected chi connectivity index (χ0v) is 14.3. The average molecular weight is 338 g/mol. The molecule has 0 saturated heterocycles. The van der Waals surface area contributed by atoms with E-state index in [1.807, 2.05) is 0 Å². The molecule has 0 saturated carbocycles. The highest BCUT2D eigenvalue weighted by molar-refractivity contribution is 6.04. The number of carbonyl (C=O) groups is 1. The largest absolute Gasteiger partial charge is 0.493 e. The summed E-state index contributed by atoms with van der Waals surface area (Å²) in [5, 5.41) is 6.74. The molecule has 0 aliphatic carbocycles. The van der Waals surface area contributed by atoms with Gasteiger partial charge in [0, 0.05) is 25.6 Å². The van der Waals surface area contributed by atoms with Crippen LogP contribution in [0.25, 0.3) is 0 Å². The van der Waals surface area contributed by atoms with Crippen LogP contribution in [0.1, 0.15) is 12.0 Å². The topological polar surface area (TPSA) is 87.6 Å². The van der Waals surface area contributed by atoms with Gasteiger partial charge in [-0.1, -0.05) is 5.16 Å². The first-order valence-electron chi connectivity index (χ1n) is 7.44. The molecule has 1 amide bonds. The van der Waals surface area contributed by atoms with Gasteiger partial charge in [-0.05, 0) is 12.1 Å². The molecule has 1 heterocycles. The van der Waals surface area contributed by atoms with Gasteiger partial charge in [0.1, 0.15) is 0 Å². The maximum absolute atomic E-state index is 12.0. The Balaban J connectivity index is 2.11. The van der Waals surface area contributed by atoms with Crippen LogP contribution < -0.4 is 19.5 Å². The van der Waals surface area contributed by atoms with Crippen LogP contribution in [-0.2, 0) is 14.4 Å². The van der Waals surface area contributed by atoms with Gasteiger partial charge in [-0.2, -0.15) is 0 Å². The number of nitrogens with zero attached hydrogens (tertiary/aromatic N) is 1. The summed E-state index contributed by atoms with van der Waals surface area (Å²) in [6.07, 6.45) is -0.298. The molecular formula is C16H22N2O6. The van der Waals surface area contributed by atoms with Gasteiger partial charge >= 0.3 is 0 Å². The third kappa shape index (κ3) is 3.88. The number of hydrogen-bond acceptors (Lipinski definition) is 7. The van der Waals surface area contributed by atoms with Crippen LogP contribution in [0.15, 0.2) is 17.3 Å². The van der Waals surface area contributed by atoms with Crippen LogP contribution in [-0.4, -0.2) is 59.3 Å². The third-order valence-electron chi connectivity index (χ3n) is 3.56. The molecule has 132 valence electrons. The Labute approximate surface area is 140 Å². The fourth-order valence-corrected chi connectivity index (χ4v) is 2.33. The molecule has 2 rings (SSSR count). The highest BCUT2D eigenvalue weighted by atomic mass is 16.6. The lowest BCUT2D eigenvalue weighted by molar-refractivity contribution is -0.131. The molecule has 1 aliphatic heterocycles. The van der Waals surface area contributed by atoms with Crippen molar-refractivity contribution < 1.29 is 28.6 Å². The van der Waals surface area contributed by atoms with Gasteiger partial charge in [0.2, 0.25) is 11.9 Å². The number of ether oxygens (including phenoxy) is 4. The number of rotatable bonds is 8. The van der Waals surface area contributed by atoms with E-state index in [2.05, 4.69) is 10.5 Å². The first kappa shape index (κ1) is 17.9. The number of hydrogen-bond donors (Lipinski definition) is 1. The summed E-state index contributed by atoms with van der Waals surface area (Å²) in [4.78, 5) is 17.2. The van der Waals surface area contributed by atoms with E-state index >= 15 is 0 Å². The maximum atomic E-state index is 12.0. The quantitative estimate of drug-likeness (QED) is 0.711. The number of methoxy groups -OCH3 is 4. The minimum atomic E-state index is -0.657. The maximum Gasteiger partial charge on any atom is 0.264 e. The lowest BCUT2D eigenvalue weighted by Gasteiger charge is -2.13. The lowest BCUT2D eigenvalue weighted by atomic mass is 10.0. The molecule has 0 bridgehead atoms. The summed E-state index contributed by atoms with van der Waals surface area (Å²) in [6.45, 7) is 0.869. The molecule has 0 radical (unpaired) electrons. The zero-order chi connectivity index (χ0) is 17.5. The molecule has 24 heavy (non-hydrogen) atoms. The van der Waals surface area contributed by atoms with E-state index in [9.17, 15) is 4.79 Å². The monoisotopic (exact) mass is 338 g/mol. The molecule has 1 N–H and O–H groups in total. The second-order valence-electron chi connectivity index (χ2n) is 5.03. The van der Waals surface area contributed by atoms with E-state index in [-0.39, 0.29) is 5.91 Å². The summed E-state index contributed by atoms with van der Waals surface area (Å²) in [5.41, 5.74) is 1.39. The van der Waals surface area contributed by atoms with Crippen LogP contribution >= 0.6 is 0 Å². The highest BCUT2D eigenvalue weighted by Gasteiger charge is 2.29. The SMILES string of the molecule is COCCNC(=O)[C@H]1CC(c2cc(OC)c(OC)c(OC)c2)=NO1. The Bertz CT molecular complexity index is 592. The Kier molecular flexibility index (Phi) is 6.25. The Morgan fingerprint density at radius 3 is 2.42 bits per heavy atom. The first-order valence-corrected chi connectivity index (χ1v) is 7.44. The van der Waals surface area contributed by atoms with Crippen LogP contribution in [0, 0.1) is 0 Å². The van der Waals surface area contributed by atoms with Crippen molar-refractivity contribution in [1.29, 1.82) is 0 Å². The van der Waals surface area contributed by atoms with E-state index in [0.29, 0.717) is 42.5 Å². The van der Waals surface area contributed by atoms with Crippen LogP contribution in [0.5, 0.6) is 17.2 Å². The number of amides is 1. The Morgan fingerprint density at radius 1 is 1.21 bits per heavy atom. The Hall–Kier alpha value is -2.48. The van der Waals surface area contributed by atoms with Crippen molar-refractivity contribution in [3.63, 3.8) is 0 Å². The molecule has 0 unspecified atom stereocenters. The van der Waals surface area contributed by atoms with E-state index in [4.69, 9.17) is 23.8 Å². The molecule has 8 nitrogen and oxygen atoms in total. The highest BCUT2D eigenvalue weighted by Crippen LogP contribution is 2.39. The lowest BCUT2D eigenvalue weighted by Crippen LogP contribution is -2.36. The van der Waals surface area contributed by atoms with Gasteiger partial charge in [-0.3, -0.25) is 4.79 Å². The average Bonchev–Trinajstić information content (AvgIpc) is 3.10. The minimum Gasteiger partial charge on any atom is -0.493 e. The second kappa shape index (κ2) is 8.39. The second-order valence-corrected chi connectivity index (χ2v) is 5.03. The van der Waals surface area contributed by atoms with Gasteiger partial charge in [-0.15, -0.1) is 0 Å². The summed E-state index contributed by atoms with van der Waals surface area (Å²) in [5.74, 6) is 1.31. The van der Waals surface area contributed by atoms with Crippen LogP contribution in [0.2, 0.25) is 0 Å². The number of carbonyl (C=O) groups excluding carboxylic acids is 1. The van der Waals surface area contributed by atoms with Gasteiger partial charge < -0.3 is 29.1 Å². The van der Waals surface area contributed by atoms with Crippen molar-refractivity contribution in [3.8, 4) is 17.2 Å². The number of benzene rings is 1. The van der Waals surface area contributed by atoms with E-state index < -0.39 is 6.10 Å². The molecule has 1 aromatic rings. The smallest absolute Gasteiger partial charge is 0.264 e. The summed E-state index contributed by atoms with van der Waals surface area (Å²) in [7, 11) is 6.20. The molecule has 1 aromatic carbocycles. The van der Waals surface area contributed by atoms with Gasteiger partial charge in [0.05, 0.1) is 33.6 Å². The minimum absolute atomic E-state index is 0.224. The fraction of sp³-hybridized carbons (Fsp3) is 0.500. The third-order valence-corrected chi connectivity index (χ3v) is 3.56. The van der Waals surface area contributed by atoms with Crippen LogP contribution in [0.3, 0.4) is 0 Å². The van der Waals surface area contributed by atoms with Crippen molar-refractivity contribution in [2.24, 2.45) is 5.16 Å².